The van der Waals surface area contributed by atoms with E-state index in [4.69, 9.17) is 9.05 Å². The summed E-state index contributed by atoms with van der Waals surface area (Å²) < 4.78 is 10.7. The summed E-state index contributed by atoms with van der Waals surface area (Å²) in [4.78, 5) is 11.3. The Bertz CT molecular complexity index is 619. The van der Waals surface area contributed by atoms with Crippen LogP contribution in [0.25, 0.3) is 0 Å². The third kappa shape index (κ3) is 3.04. The summed E-state index contributed by atoms with van der Waals surface area (Å²) in [6.07, 6.45) is 2.14. The van der Waals surface area contributed by atoms with Gasteiger partial charge in [0.05, 0.1) is 12.6 Å². The maximum atomic E-state index is 5.35. The van der Waals surface area contributed by atoms with Crippen LogP contribution >= 0.6 is 0 Å². The molecule has 120 valence electrons. The first-order valence-corrected chi connectivity index (χ1v) is 7.94. The third-order valence-electron chi connectivity index (χ3n) is 3.95. The predicted molar refractivity (Wildman–Crippen MR) is 79.2 cm³/mol. The molecule has 1 aliphatic rings. The van der Waals surface area contributed by atoms with Crippen molar-refractivity contribution in [2.75, 3.05) is 6.54 Å². The quantitative estimate of drug-likeness (QED) is 0.839. The Morgan fingerprint density at radius 3 is 2.55 bits per heavy atom. The molecule has 0 unspecified atom stereocenters. The molecule has 3 rings (SSSR count). The maximum Gasteiger partial charge on any atom is 0.240 e. The Balaban J connectivity index is 1.72. The molecule has 2 aromatic heterocycles. The average Bonchev–Trinajstić information content (AvgIpc) is 3.18. The van der Waals surface area contributed by atoms with Gasteiger partial charge in [-0.2, -0.15) is 9.97 Å². The second-order valence-electron chi connectivity index (χ2n) is 6.48. The van der Waals surface area contributed by atoms with Gasteiger partial charge in [0.25, 0.3) is 0 Å². The smallest absolute Gasteiger partial charge is 0.240 e. The normalized spacial score (nSPS) is 19.6. The van der Waals surface area contributed by atoms with Crippen LogP contribution in [0.1, 0.15) is 81.8 Å². The average molecular weight is 305 g/mol. The first-order chi connectivity index (χ1) is 10.5. The van der Waals surface area contributed by atoms with Gasteiger partial charge in [0, 0.05) is 11.8 Å². The topological polar surface area (TPSA) is 81.1 Å². The minimum absolute atomic E-state index is 0.172. The van der Waals surface area contributed by atoms with E-state index in [1.807, 2.05) is 0 Å². The highest BCUT2D eigenvalue weighted by Gasteiger charge is 2.31. The van der Waals surface area contributed by atoms with Crippen LogP contribution < -0.4 is 0 Å². The summed E-state index contributed by atoms with van der Waals surface area (Å²) in [7, 11) is 0. The maximum absolute atomic E-state index is 5.35. The molecule has 3 heterocycles. The Morgan fingerprint density at radius 2 is 1.91 bits per heavy atom. The molecule has 0 radical (unpaired) electrons. The van der Waals surface area contributed by atoms with Gasteiger partial charge in [-0.1, -0.05) is 38.0 Å². The van der Waals surface area contributed by atoms with Crippen LogP contribution in [0, 0.1) is 0 Å². The molecule has 22 heavy (non-hydrogen) atoms. The molecule has 1 saturated heterocycles. The van der Waals surface area contributed by atoms with Crippen LogP contribution in [0.15, 0.2) is 9.05 Å². The van der Waals surface area contributed by atoms with E-state index in [1.54, 1.807) is 0 Å². The SMILES string of the molecule is CC(C)c1noc(CN2CCC[C@H]2c2noc(C(C)C)n2)n1. The van der Waals surface area contributed by atoms with Crippen molar-refractivity contribution in [3.8, 4) is 0 Å². The number of nitrogens with zero attached hydrogens (tertiary/aromatic N) is 5. The van der Waals surface area contributed by atoms with Crippen molar-refractivity contribution in [1.82, 2.24) is 25.2 Å². The fourth-order valence-electron chi connectivity index (χ4n) is 2.67. The van der Waals surface area contributed by atoms with Crippen LogP contribution in [-0.2, 0) is 6.54 Å². The Labute approximate surface area is 130 Å². The first kappa shape index (κ1) is 15.1. The predicted octanol–water partition coefficient (Wildman–Crippen LogP) is 3.04. The van der Waals surface area contributed by atoms with Gasteiger partial charge in [0.1, 0.15) is 0 Å². The van der Waals surface area contributed by atoms with Crippen molar-refractivity contribution in [3.05, 3.63) is 23.4 Å². The lowest BCUT2D eigenvalue weighted by Gasteiger charge is -2.19. The van der Waals surface area contributed by atoms with Gasteiger partial charge in [0.2, 0.25) is 11.8 Å². The zero-order chi connectivity index (χ0) is 15.7. The summed E-state index contributed by atoms with van der Waals surface area (Å²) in [6, 6.07) is 0.172. The minimum Gasteiger partial charge on any atom is -0.339 e. The molecule has 0 amide bonds. The van der Waals surface area contributed by atoms with Crippen molar-refractivity contribution >= 4 is 0 Å². The lowest BCUT2D eigenvalue weighted by Crippen LogP contribution is -2.23. The molecule has 2 aromatic rings. The number of likely N-dealkylation sites (tertiary alicyclic amines) is 1. The molecule has 0 bridgehead atoms. The van der Waals surface area contributed by atoms with Crippen LogP contribution in [0.2, 0.25) is 0 Å². The molecule has 0 saturated carbocycles. The van der Waals surface area contributed by atoms with Crippen molar-refractivity contribution in [2.24, 2.45) is 0 Å². The van der Waals surface area contributed by atoms with Gasteiger partial charge in [-0.15, -0.1) is 0 Å². The summed E-state index contributed by atoms with van der Waals surface area (Å²) >= 11 is 0. The molecule has 0 aliphatic carbocycles. The fourth-order valence-corrected chi connectivity index (χ4v) is 2.67. The lowest BCUT2D eigenvalue weighted by molar-refractivity contribution is 0.202. The number of aromatic nitrogens is 4. The molecule has 0 N–H and O–H groups in total. The van der Waals surface area contributed by atoms with Gasteiger partial charge in [0.15, 0.2) is 11.6 Å². The largest absolute Gasteiger partial charge is 0.339 e. The van der Waals surface area contributed by atoms with Gasteiger partial charge in [-0.05, 0) is 19.4 Å². The summed E-state index contributed by atoms with van der Waals surface area (Å²) in [5, 5.41) is 8.17. The Hall–Kier alpha value is -1.76. The van der Waals surface area contributed by atoms with E-state index < -0.39 is 0 Å². The molecular weight excluding hydrogens is 282 g/mol. The molecular formula is C15H23N5O2. The zero-order valence-corrected chi connectivity index (χ0v) is 13.6. The highest BCUT2D eigenvalue weighted by atomic mass is 16.5. The van der Waals surface area contributed by atoms with Crippen LogP contribution in [-0.4, -0.2) is 31.7 Å². The summed E-state index contributed by atoms with van der Waals surface area (Å²) in [5.74, 6) is 3.40. The van der Waals surface area contributed by atoms with E-state index in [0.717, 1.165) is 31.0 Å². The molecule has 7 nitrogen and oxygen atoms in total. The van der Waals surface area contributed by atoms with Gasteiger partial charge < -0.3 is 9.05 Å². The van der Waals surface area contributed by atoms with E-state index in [-0.39, 0.29) is 17.9 Å². The monoisotopic (exact) mass is 305 g/mol. The van der Waals surface area contributed by atoms with E-state index in [9.17, 15) is 0 Å². The van der Waals surface area contributed by atoms with Gasteiger partial charge in [-0.3, -0.25) is 4.90 Å². The van der Waals surface area contributed by atoms with E-state index in [0.29, 0.717) is 18.3 Å². The Morgan fingerprint density at radius 1 is 1.09 bits per heavy atom. The summed E-state index contributed by atoms with van der Waals surface area (Å²) in [5.41, 5.74) is 0. The number of hydrogen-bond acceptors (Lipinski definition) is 7. The fraction of sp³-hybridized carbons (Fsp3) is 0.733. The number of hydrogen-bond donors (Lipinski definition) is 0. The standard InChI is InChI=1S/C15H23N5O2/c1-9(2)13-16-12(21-18-13)8-20-7-5-6-11(20)14-17-15(10(3)4)22-19-14/h9-11H,5-8H2,1-4H3/t11-/m0/s1. The van der Waals surface area contributed by atoms with E-state index >= 15 is 0 Å². The number of rotatable bonds is 5. The van der Waals surface area contributed by atoms with Gasteiger partial charge in [-0.25, -0.2) is 0 Å². The highest BCUT2D eigenvalue weighted by Crippen LogP contribution is 2.32. The molecule has 7 heteroatoms. The zero-order valence-electron chi connectivity index (χ0n) is 13.6. The Kier molecular flexibility index (Phi) is 4.24. The second kappa shape index (κ2) is 6.16. The highest BCUT2D eigenvalue weighted by molar-refractivity contribution is 5.01. The van der Waals surface area contributed by atoms with Crippen LogP contribution in [0.4, 0.5) is 0 Å². The molecule has 1 aliphatic heterocycles. The molecule has 0 spiro atoms. The van der Waals surface area contributed by atoms with Crippen molar-refractivity contribution < 1.29 is 9.05 Å². The van der Waals surface area contributed by atoms with Crippen LogP contribution in [0.3, 0.4) is 0 Å². The summed E-state index contributed by atoms with van der Waals surface area (Å²) in [6.45, 7) is 9.83. The molecule has 1 fully saturated rings. The first-order valence-electron chi connectivity index (χ1n) is 7.94. The minimum atomic E-state index is 0.172. The van der Waals surface area contributed by atoms with Gasteiger partial charge >= 0.3 is 0 Å². The lowest BCUT2D eigenvalue weighted by atomic mass is 10.2. The van der Waals surface area contributed by atoms with Crippen molar-refractivity contribution in [2.45, 2.75) is 65.0 Å². The van der Waals surface area contributed by atoms with Crippen LogP contribution in [0.5, 0.6) is 0 Å². The molecule has 1 atom stereocenters. The molecule has 0 aromatic carbocycles. The third-order valence-corrected chi connectivity index (χ3v) is 3.95. The van der Waals surface area contributed by atoms with Crippen molar-refractivity contribution in [1.29, 1.82) is 0 Å². The van der Waals surface area contributed by atoms with E-state index in [2.05, 4.69) is 52.9 Å². The van der Waals surface area contributed by atoms with E-state index in [1.165, 1.54) is 0 Å². The van der Waals surface area contributed by atoms with Crippen molar-refractivity contribution in [3.63, 3.8) is 0 Å². The second-order valence-corrected chi connectivity index (χ2v) is 6.48.